The van der Waals surface area contributed by atoms with E-state index in [2.05, 4.69) is 37.4 Å². The zero-order valence-corrected chi connectivity index (χ0v) is 21.3. The third-order valence-corrected chi connectivity index (χ3v) is 11.3. The molecule has 0 aliphatic carbocycles. The molecule has 6 heteroatoms. The van der Waals surface area contributed by atoms with Gasteiger partial charge in [0, 0.05) is 5.69 Å². The minimum absolute atomic E-state index is 0.0663. The fraction of sp³-hybridized carbons (Fsp3) is 0.286. The Morgan fingerprint density at radius 3 is 2.00 bits per heavy atom. The molecule has 0 bridgehead atoms. The molecular weight excluding hydrogens is 442 g/mol. The maximum atomic E-state index is 14.0. The lowest BCUT2D eigenvalue weighted by Crippen LogP contribution is -2.77. The maximum Gasteiger partial charge on any atom is 0.332 e. The molecule has 0 aromatic heterocycles. The van der Waals surface area contributed by atoms with E-state index < -0.39 is 25.5 Å². The molecule has 0 radical (unpaired) electrons. The first-order valence-electron chi connectivity index (χ1n) is 11.4. The van der Waals surface area contributed by atoms with Crippen LogP contribution < -0.4 is 14.8 Å². The highest BCUT2D eigenvalue weighted by Crippen LogP contribution is 2.52. The largest absolute Gasteiger partial charge is 0.497 e. The van der Waals surface area contributed by atoms with Crippen LogP contribution in [0.5, 0.6) is 5.75 Å². The van der Waals surface area contributed by atoms with Gasteiger partial charge in [0.15, 0.2) is 5.54 Å². The van der Waals surface area contributed by atoms with Gasteiger partial charge in [0.2, 0.25) is 5.91 Å². The van der Waals surface area contributed by atoms with Crippen molar-refractivity contribution in [3.8, 4) is 5.75 Å². The van der Waals surface area contributed by atoms with Crippen LogP contribution in [0.3, 0.4) is 0 Å². The average molecular weight is 474 g/mol. The van der Waals surface area contributed by atoms with Crippen LogP contribution in [0, 0.1) is 5.92 Å². The summed E-state index contributed by atoms with van der Waals surface area (Å²) >= 11 is 0. The fourth-order valence-electron chi connectivity index (χ4n) is 5.43. The molecule has 5 nitrogen and oxygen atoms in total. The predicted octanol–water partition coefficient (Wildman–Crippen LogP) is 4.53. The monoisotopic (exact) mass is 473 g/mol. The molecule has 0 saturated carbocycles. The number of rotatable bonds is 7. The van der Waals surface area contributed by atoms with Crippen molar-refractivity contribution in [1.29, 1.82) is 0 Å². The number of hydrogen-bond donors (Lipinski definition) is 0. The summed E-state index contributed by atoms with van der Waals surface area (Å²) in [5, 5.41) is 1.24. The zero-order valence-electron chi connectivity index (χ0n) is 20.3. The Labute approximate surface area is 202 Å². The molecule has 176 valence electrons. The Morgan fingerprint density at radius 2 is 1.47 bits per heavy atom. The lowest BCUT2D eigenvalue weighted by molar-refractivity contribution is -0.159. The second-order valence-corrected chi connectivity index (χ2v) is 14.1. The number of β-lactam (4-membered cyclic amide) rings is 1. The Bertz CT molecular complexity index is 1160. The van der Waals surface area contributed by atoms with Crippen LogP contribution in [-0.4, -0.2) is 39.7 Å². The SMILES string of the molecule is COC(=O)[C@@]1(C)[C@@H]([C@H](c2ccccc2)[Si](C)(C)c2ccccc2)C(=O)N1c1ccc(OC)cc1. The number of hydrogen-bond acceptors (Lipinski definition) is 4. The molecule has 1 aliphatic rings. The van der Waals surface area contributed by atoms with Crippen molar-refractivity contribution in [2.75, 3.05) is 19.1 Å². The van der Waals surface area contributed by atoms with Crippen molar-refractivity contribution in [1.82, 2.24) is 0 Å². The van der Waals surface area contributed by atoms with Gasteiger partial charge in [0.05, 0.1) is 28.2 Å². The fourth-order valence-corrected chi connectivity index (χ4v) is 9.17. The topological polar surface area (TPSA) is 55.8 Å². The minimum atomic E-state index is -2.29. The van der Waals surface area contributed by atoms with Crippen molar-refractivity contribution in [3.05, 3.63) is 90.5 Å². The highest BCUT2D eigenvalue weighted by molar-refractivity contribution is 6.91. The third-order valence-electron chi connectivity index (χ3n) is 7.27. The Balaban J connectivity index is 1.86. The van der Waals surface area contributed by atoms with Crippen LogP contribution >= 0.6 is 0 Å². The first-order valence-corrected chi connectivity index (χ1v) is 14.5. The van der Waals surface area contributed by atoms with E-state index >= 15 is 0 Å². The molecule has 3 atom stereocenters. The Morgan fingerprint density at radius 1 is 0.912 bits per heavy atom. The lowest BCUT2D eigenvalue weighted by atomic mass is 9.70. The normalized spacial score (nSPS) is 20.9. The summed E-state index contributed by atoms with van der Waals surface area (Å²) in [4.78, 5) is 28.9. The molecule has 0 spiro atoms. The van der Waals surface area contributed by atoms with Crippen molar-refractivity contribution >= 4 is 30.8 Å². The highest BCUT2D eigenvalue weighted by atomic mass is 28.3. The lowest BCUT2D eigenvalue weighted by Gasteiger charge is -2.58. The number of esters is 1. The van der Waals surface area contributed by atoms with Crippen LogP contribution in [0.4, 0.5) is 5.69 Å². The highest BCUT2D eigenvalue weighted by Gasteiger charge is 2.67. The van der Waals surface area contributed by atoms with E-state index in [1.165, 1.54) is 12.3 Å². The summed E-state index contributed by atoms with van der Waals surface area (Å²) in [6.07, 6.45) is 0. The molecule has 1 heterocycles. The maximum absolute atomic E-state index is 14.0. The first kappa shape index (κ1) is 23.8. The molecule has 1 aliphatic heterocycles. The molecule has 3 aromatic carbocycles. The zero-order chi connectivity index (χ0) is 24.5. The van der Waals surface area contributed by atoms with E-state index in [0.717, 1.165) is 5.56 Å². The minimum Gasteiger partial charge on any atom is -0.497 e. The second-order valence-electron chi connectivity index (χ2n) is 9.46. The van der Waals surface area contributed by atoms with Gasteiger partial charge in [0.25, 0.3) is 0 Å². The van der Waals surface area contributed by atoms with Crippen LogP contribution in [0.25, 0.3) is 0 Å². The molecule has 0 N–H and O–H groups in total. The van der Waals surface area contributed by atoms with E-state index in [4.69, 9.17) is 9.47 Å². The molecule has 1 fully saturated rings. The molecule has 34 heavy (non-hydrogen) atoms. The predicted molar refractivity (Wildman–Crippen MR) is 137 cm³/mol. The van der Waals surface area contributed by atoms with E-state index in [-0.39, 0.29) is 11.4 Å². The van der Waals surface area contributed by atoms with Gasteiger partial charge >= 0.3 is 5.97 Å². The standard InChI is InChI=1S/C28H31NO4Si/c1-28(27(31)33-3)24(26(30)29(28)21-16-18-22(32-2)19-17-21)25(20-12-8-6-9-13-20)34(4,5)23-14-10-7-11-15-23/h6-19,24-25H,1-5H3/t24-,25-,28+/m0/s1. The quantitative estimate of drug-likeness (QED) is 0.287. The van der Waals surface area contributed by atoms with Crippen LogP contribution in [0.1, 0.15) is 18.0 Å². The molecule has 4 rings (SSSR count). The summed E-state index contributed by atoms with van der Waals surface area (Å²) in [6.45, 7) is 6.39. The van der Waals surface area contributed by atoms with E-state index in [1.54, 1.807) is 24.1 Å². The van der Waals surface area contributed by atoms with Gasteiger partial charge in [-0.05, 0) is 42.3 Å². The number of carbonyl (C=O) groups is 2. The van der Waals surface area contributed by atoms with Gasteiger partial charge < -0.3 is 9.47 Å². The van der Waals surface area contributed by atoms with Crippen molar-refractivity contribution in [2.24, 2.45) is 5.92 Å². The average Bonchev–Trinajstić information content (AvgIpc) is 2.87. The van der Waals surface area contributed by atoms with Gasteiger partial charge in [-0.25, -0.2) is 4.79 Å². The molecule has 0 unspecified atom stereocenters. The molecule has 1 saturated heterocycles. The second kappa shape index (κ2) is 9.10. The van der Waals surface area contributed by atoms with Crippen molar-refractivity contribution < 1.29 is 19.1 Å². The molecular formula is C28H31NO4Si. The van der Waals surface area contributed by atoms with Crippen LogP contribution in [0.2, 0.25) is 13.1 Å². The summed E-state index contributed by atoms with van der Waals surface area (Å²) in [5.74, 6) is -0.339. The number of benzene rings is 3. The summed E-state index contributed by atoms with van der Waals surface area (Å²) in [5.41, 5.74) is 0.467. The smallest absolute Gasteiger partial charge is 0.332 e. The number of nitrogens with zero attached hydrogens (tertiary/aromatic N) is 1. The Hall–Kier alpha value is -3.38. The summed E-state index contributed by atoms with van der Waals surface area (Å²) in [6, 6.07) is 27.7. The Kier molecular flexibility index (Phi) is 6.36. The van der Waals surface area contributed by atoms with E-state index in [0.29, 0.717) is 11.4 Å². The van der Waals surface area contributed by atoms with Crippen LogP contribution in [0.15, 0.2) is 84.9 Å². The van der Waals surface area contributed by atoms with Crippen LogP contribution in [-0.2, 0) is 14.3 Å². The van der Waals surface area contributed by atoms with Gasteiger partial charge in [-0.2, -0.15) is 0 Å². The van der Waals surface area contributed by atoms with Gasteiger partial charge in [-0.15, -0.1) is 0 Å². The summed E-state index contributed by atoms with van der Waals surface area (Å²) in [7, 11) is 0.690. The number of amides is 1. The molecule has 3 aromatic rings. The van der Waals surface area contributed by atoms with Gasteiger partial charge in [-0.1, -0.05) is 78.9 Å². The first-order chi connectivity index (χ1) is 16.3. The summed E-state index contributed by atoms with van der Waals surface area (Å²) < 4.78 is 10.6. The number of carbonyl (C=O) groups excluding carboxylic acids is 2. The van der Waals surface area contributed by atoms with Crippen molar-refractivity contribution in [2.45, 2.75) is 31.1 Å². The van der Waals surface area contributed by atoms with Crippen molar-refractivity contribution in [3.63, 3.8) is 0 Å². The number of anilines is 1. The van der Waals surface area contributed by atoms with E-state index in [1.807, 2.05) is 55.5 Å². The van der Waals surface area contributed by atoms with E-state index in [9.17, 15) is 9.59 Å². The van der Waals surface area contributed by atoms with Gasteiger partial charge in [-0.3, -0.25) is 9.69 Å². The molecule has 1 amide bonds. The number of ether oxygens (including phenoxy) is 2. The third kappa shape index (κ3) is 3.72. The van der Waals surface area contributed by atoms with Gasteiger partial charge in [0.1, 0.15) is 5.75 Å². The number of methoxy groups -OCH3 is 2.